The summed E-state index contributed by atoms with van der Waals surface area (Å²) >= 11 is 0. The van der Waals surface area contributed by atoms with E-state index in [1.807, 2.05) is 17.9 Å². The van der Waals surface area contributed by atoms with Crippen LogP contribution in [0.5, 0.6) is 0 Å². The molecular formula is C20H23F2N3O. The maximum absolute atomic E-state index is 13.9. The molecule has 0 unspecified atom stereocenters. The van der Waals surface area contributed by atoms with E-state index in [0.717, 1.165) is 5.56 Å². The molecule has 1 aliphatic rings. The molecule has 1 atom stereocenters. The number of anilines is 1. The van der Waals surface area contributed by atoms with Crippen LogP contribution in [0.1, 0.15) is 12.5 Å². The van der Waals surface area contributed by atoms with Gasteiger partial charge < -0.3 is 10.2 Å². The SMILES string of the molecule is C[C@@H](C(=O)NCc1ccc(F)cc1)N1CCN(c2ccccc2F)CC1. The molecule has 1 amide bonds. The van der Waals surface area contributed by atoms with Crippen molar-refractivity contribution >= 4 is 11.6 Å². The molecule has 1 saturated heterocycles. The number of nitrogens with zero attached hydrogens (tertiary/aromatic N) is 2. The first kappa shape index (κ1) is 18.3. The molecule has 0 bridgehead atoms. The Bertz CT molecular complexity index is 743. The number of rotatable bonds is 5. The van der Waals surface area contributed by atoms with Gasteiger partial charge in [0.15, 0.2) is 0 Å². The minimum Gasteiger partial charge on any atom is -0.367 e. The zero-order chi connectivity index (χ0) is 18.5. The number of carbonyl (C=O) groups excluding carboxylic acids is 1. The first-order valence-electron chi connectivity index (χ1n) is 8.80. The van der Waals surface area contributed by atoms with Gasteiger partial charge in [0.25, 0.3) is 0 Å². The minimum atomic E-state index is -0.291. The van der Waals surface area contributed by atoms with Crippen molar-refractivity contribution < 1.29 is 13.6 Å². The second-order valence-electron chi connectivity index (χ2n) is 6.49. The number of hydrogen-bond donors (Lipinski definition) is 1. The lowest BCUT2D eigenvalue weighted by atomic mass is 10.1. The molecule has 0 aliphatic carbocycles. The largest absolute Gasteiger partial charge is 0.367 e. The van der Waals surface area contributed by atoms with E-state index >= 15 is 0 Å². The number of carbonyl (C=O) groups is 1. The van der Waals surface area contributed by atoms with E-state index < -0.39 is 0 Å². The fourth-order valence-electron chi connectivity index (χ4n) is 3.16. The maximum Gasteiger partial charge on any atom is 0.237 e. The molecule has 0 saturated carbocycles. The van der Waals surface area contributed by atoms with Crippen molar-refractivity contribution in [2.75, 3.05) is 31.1 Å². The van der Waals surface area contributed by atoms with Crippen LogP contribution in [0.3, 0.4) is 0 Å². The Morgan fingerprint density at radius 3 is 2.35 bits per heavy atom. The molecule has 1 aliphatic heterocycles. The first-order chi connectivity index (χ1) is 12.5. The molecule has 1 fully saturated rings. The van der Waals surface area contributed by atoms with E-state index in [2.05, 4.69) is 10.2 Å². The summed E-state index contributed by atoms with van der Waals surface area (Å²) < 4.78 is 26.8. The van der Waals surface area contributed by atoms with Crippen molar-refractivity contribution in [2.24, 2.45) is 0 Å². The number of piperazine rings is 1. The Morgan fingerprint density at radius 1 is 1.04 bits per heavy atom. The van der Waals surface area contributed by atoms with Crippen molar-refractivity contribution in [3.63, 3.8) is 0 Å². The summed E-state index contributed by atoms with van der Waals surface area (Å²) in [5, 5.41) is 2.89. The number of halogens is 2. The van der Waals surface area contributed by atoms with E-state index in [-0.39, 0.29) is 23.6 Å². The zero-order valence-electron chi connectivity index (χ0n) is 14.8. The van der Waals surface area contributed by atoms with Gasteiger partial charge in [-0.25, -0.2) is 8.78 Å². The molecule has 2 aromatic rings. The lowest BCUT2D eigenvalue weighted by Crippen LogP contribution is -2.54. The lowest BCUT2D eigenvalue weighted by molar-refractivity contribution is -0.126. The fraction of sp³-hybridized carbons (Fsp3) is 0.350. The third kappa shape index (κ3) is 4.38. The monoisotopic (exact) mass is 359 g/mol. The van der Waals surface area contributed by atoms with Gasteiger partial charge in [0.1, 0.15) is 11.6 Å². The molecule has 2 aromatic carbocycles. The number of benzene rings is 2. The van der Waals surface area contributed by atoms with Crippen LogP contribution >= 0.6 is 0 Å². The van der Waals surface area contributed by atoms with Crippen LogP contribution in [-0.2, 0) is 11.3 Å². The van der Waals surface area contributed by atoms with Crippen LogP contribution in [0.25, 0.3) is 0 Å². The Hall–Kier alpha value is -2.47. The molecule has 138 valence electrons. The summed E-state index contributed by atoms with van der Waals surface area (Å²) in [4.78, 5) is 16.5. The van der Waals surface area contributed by atoms with Crippen molar-refractivity contribution in [3.8, 4) is 0 Å². The van der Waals surface area contributed by atoms with Crippen molar-refractivity contribution in [3.05, 3.63) is 65.7 Å². The van der Waals surface area contributed by atoms with Crippen molar-refractivity contribution in [2.45, 2.75) is 19.5 Å². The van der Waals surface area contributed by atoms with Gasteiger partial charge >= 0.3 is 0 Å². The minimum absolute atomic E-state index is 0.0614. The van der Waals surface area contributed by atoms with E-state index in [4.69, 9.17) is 0 Å². The summed E-state index contributed by atoms with van der Waals surface area (Å²) in [7, 11) is 0. The normalized spacial score (nSPS) is 16.3. The van der Waals surface area contributed by atoms with Gasteiger partial charge in [-0.3, -0.25) is 9.69 Å². The van der Waals surface area contributed by atoms with Gasteiger partial charge in [-0.1, -0.05) is 24.3 Å². The third-order valence-electron chi connectivity index (χ3n) is 4.81. The van der Waals surface area contributed by atoms with Gasteiger partial charge in [-0.2, -0.15) is 0 Å². The van der Waals surface area contributed by atoms with Gasteiger partial charge in [0.2, 0.25) is 5.91 Å². The summed E-state index contributed by atoms with van der Waals surface area (Å²) in [5.41, 5.74) is 1.47. The van der Waals surface area contributed by atoms with Gasteiger partial charge in [-0.05, 0) is 36.8 Å². The molecule has 0 aromatic heterocycles. The molecule has 6 heteroatoms. The third-order valence-corrected chi connectivity index (χ3v) is 4.81. The molecule has 4 nitrogen and oxygen atoms in total. The number of para-hydroxylation sites is 1. The number of nitrogens with one attached hydrogen (secondary N) is 1. The average Bonchev–Trinajstić information content (AvgIpc) is 2.67. The smallest absolute Gasteiger partial charge is 0.237 e. The van der Waals surface area contributed by atoms with Crippen LogP contribution in [0.4, 0.5) is 14.5 Å². The standard InChI is InChI=1S/C20H23F2N3O/c1-15(20(26)23-14-16-6-8-17(21)9-7-16)24-10-12-25(13-11-24)19-5-3-2-4-18(19)22/h2-9,15H,10-14H2,1H3,(H,23,26)/t15-/m0/s1. The lowest BCUT2D eigenvalue weighted by Gasteiger charge is -2.38. The molecule has 1 N–H and O–H groups in total. The van der Waals surface area contributed by atoms with Crippen molar-refractivity contribution in [1.82, 2.24) is 10.2 Å². The Balaban J connectivity index is 1.49. The quantitative estimate of drug-likeness (QED) is 0.892. The van der Waals surface area contributed by atoms with Crippen LogP contribution < -0.4 is 10.2 Å². The average molecular weight is 359 g/mol. The van der Waals surface area contributed by atoms with Crippen LogP contribution in [0, 0.1) is 11.6 Å². The second-order valence-corrected chi connectivity index (χ2v) is 6.49. The molecular weight excluding hydrogens is 336 g/mol. The highest BCUT2D eigenvalue weighted by atomic mass is 19.1. The van der Waals surface area contributed by atoms with Gasteiger partial charge in [0, 0.05) is 32.7 Å². The predicted molar refractivity (Wildman–Crippen MR) is 97.9 cm³/mol. The Kier molecular flexibility index (Phi) is 5.83. The van der Waals surface area contributed by atoms with Gasteiger partial charge in [0.05, 0.1) is 11.7 Å². The number of hydrogen-bond acceptors (Lipinski definition) is 3. The van der Waals surface area contributed by atoms with E-state index in [1.165, 1.54) is 18.2 Å². The molecule has 26 heavy (non-hydrogen) atoms. The van der Waals surface area contributed by atoms with E-state index in [1.54, 1.807) is 24.3 Å². The molecule has 0 spiro atoms. The zero-order valence-corrected chi connectivity index (χ0v) is 14.8. The predicted octanol–water partition coefficient (Wildman–Crippen LogP) is 2.79. The Labute approximate surface area is 152 Å². The topological polar surface area (TPSA) is 35.6 Å². The van der Waals surface area contributed by atoms with Gasteiger partial charge in [-0.15, -0.1) is 0 Å². The second kappa shape index (κ2) is 8.27. The summed E-state index contributed by atoms with van der Waals surface area (Å²) in [6.45, 7) is 4.99. The molecule has 1 heterocycles. The summed E-state index contributed by atoms with van der Waals surface area (Å²) in [6, 6.07) is 12.6. The first-order valence-corrected chi connectivity index (χ1v) is 8.80. The fourth-order valence-corrected chi connectivity index (χ4v) is 3.16. The van der Waals surface area contributed by atoms with E-state index in [0.29, 0.717) is 38.4 Å². The highest BCUT2D eigenvalue weighted by Crippen LogP contribution is 2.20. The van der Waals surface area contributed by atoms with Crippen LogP contribution in [-0.4, -0.2) is 43.0 Å². The summed E-state index contributed by atoms with van der Waals surface area (Å²) in [6.07, 6.45) is 0. The Morgan fingerprint density at radius 2 is 1.69 bits per heavy atom. The highest BCUT2D eigenvalue weighted by Gasteiger charge is 2.26. The molecule has 3 rings (SSSR count). The van der Waals surface area contributed by atoms with E-state index in [9.17, 15) is 13.6 Å². The molecule has 0 radical (unpaired) electrons. The summed E-state index contributed by atoms with van der Waals surface area (Å²) in [5.74, 6) is -0.569. The van der Waals surface area contributed by atoms with Crippen molar-refractivity contribution in [1.29, 1.82) is 0 Å². The maximum atomic E-state index is 13.9. The van der Waals surface area contributed by atoms with Crippen LogP contribution in [0.15, 0.2) is 48.5 Å². The highest BCUT2D eigenvalue weighted by molar-refractivity contribution is 5.81. The van der Waals surface area contributed by atoms with Crippen LogP contribution in [0.2, 0.25) is 0 Å². The number of amides is 1.